The topological polar surface area (TPSA) is 46.9 Å². The molecule has 1 aromatic heterocycles. The number of carbonyl (C=O) groups excluding carboxylic acids is 1. The Hall–Kier alpha value is -1.89. The van der Waals surface area contributed by atoms with Gasteiger partial charge in [0.15, 0.2) is 5.16 Å². The number of rotatable bonds is 6. The molecule has 0 atom stereocenters. The van der Waals surface area contributed by atoms with E-state index in [-0.39, 0.29) is 16.8 Å². The number of amides is 1. The Balaban J connectivity index is 2.19. The number of aromatic nitrogens is 2. The van der Waals surface area contributed by atoms with Crippen LogP contribution in [0.15, 0.2) is 42.1 Å². The van der Waals surface area contributed by atoms with E-state index in [1.165, 1.54) is 0 Å². The van der Waals surface area contributed by atoms with Gasteiger partial charge < -0.3 is 5.32 Å². The van der Waals surface area contributed by atoms with Gasteiger partial charge in [0.2, 0.25) is 5.91 Å². The van der Waals surface area contributed by atoms with Crippen molar-refractivity contribution in [2.24, 2.45) is 0 Å². The highest BCUT2D eigenvalue weighted by atomic mass is 32.2. The second-order valence-corrected chi connectivity index (χ2v) is 4.85. The lowest BCUT2D eigenvalue weighted by Gasteiger charge is -2.07. The van der Waals surface area contributed by atoms with Gasteiger partial charge in [-0.05, 0) is 12.1 Å². The molecule has 1 heterocycles. The number of hydrogen-bond acceptors (Lipinski definition) is 3. The molecule has 0 aliphatic heterocycles. The quantitative estimate of drug-likeness (QED) is 0.659. The molecule has 0 radical (unpaired) electrons. The van der Waals surface area contributed by atoms with Crippen LogP contribution in [0.2, 0.25) is 0 Å². The zero-order chi connectivity index (χ0) is 14.5. The first kappa shape index (κ1) is 14.5. The molecule has 106 valence electrons. The van der Waals surface area contributed by atoms with Crippen molar-refractivity contribution in [1.29, 1.82) is 0 Å². The summed E-state index contributed by atoms with van der Waals surface area (Å²) in [5, 5.41) is 2.72. The summed E-state index contributed by atoms with van der Waals surface area (Å²) in [4.78, 5) is 15.6. The minimum absolute atomic E-state index is 0.0316. The van der Waals surface area contributed by atoms with Crippen LogP contribution in [-0.4, -0.2) is 27.8 Å². The Bertz CT molecular complexity index is 627. The lowest BCUT2D eigenvalue weighted by molar-refractivity contribution is -0.118. The van der Waals surface area contributed by atoms with Crippen molar-refractivity contribution in [3.63, 3.8) is 0 Å². The fraction of sp³-hybridized carbons (Fsp3) is 0.231. The zero-order valence-corrected chi connectivity index (χ0v) is 11.4. The summed E-state index contributed by atoms with van der Waals surface area (Å²) in [5.41, 5.74) is 0.846. The Morgan fingerprint density at radius 1 is 1.50 bits per heavy atom. The maximum absolute atomic E-state index is 13.1. The largest absolute Gasteiger partial charge is 0.352 e. The number of benzene rings is 1. The summed E-state index contributed by atoms with van der Waals surface area (Å²) in [6.45, 7) is 1.14. The number of para-hydroxylation sites is 2. The first-order chi connectivity index (χ1) is 9.63. The van der Waals surface area contributed by atoms with Gasteiger partial charge in [-0.3, -0.25) is 9.36 Å². The van der Waals surface area contributed by atoms with E-state index in [1.54, 1.807) is 30.3 Å². The van der Waals surface area contributed by atoms with Gasteiger partial charge in [0.05, 0.1) is 16.8 Å². The van der Waals surface area contributed by atoms with Crippen molar-refractivity contribution in [1.82, 2.24) is 14.9 Å². The van der Waals surface area contributed by atoms with E-state index in [0.717, 1.165) is 16.3 Å². The number of carbonyl (C=O) groups is 1. The molecule has 0 aliphatic rings. The Morgan fingerprint density at radius 3 is 2.95 bits per heavy atom. The molecule has 0 fully saturated rings. The molecular weight excluding hydrogens is 284 g/mol. The SMILES string of the molecule is C=CCNC(=O)CSc1nc2ccccc2n1C(F)F. The van der Waals surface area contributed by atoms with E-state index < -0.39 is 6.55 Å². The number of alkyl halides is 2. The molecule has 0 aliphatic carbocycles. The van der Waals surface area contributed by atoms with Crippen molar-refractivity contribution in [3.05, 3.63) is 36.9 Å². The van der Waals surface area contributed by atoms with Crippen LogP contribution in [0.3, 0.4) is 0 Å². The molecule has 0 bridgehead atoms. The predicted octanol–water partition coefficient (Wildman–Crippen LogP) is 2.83. The molecule has 2 rings (SSSR count). The molecule has 1 amide bonds. The third-order valence-electron chi connectivity index (χ3n) is 2.53. The standard InChI is InChI=1S/C13H13F2N3OS/c1-2-7-16-11(19)8-20-13-17-9-5-3-4-6-10(9)18(13)12(14)15/h2-6,12H,1,7-8H2,(H,16,19). The van der Waals surface area contributed by atoms with Gasteiger partial charge in [-0.1, -0.05) is 30.0 Å². The van der Waals surface area contributed by atoms with Crippen LogP contribution in [0.1, 0.15) is 6.55 Å². The second-order valence-electron chi connectivity index (χ2n) is 3.91. The highest BCUT2D eigenvalue weighted by Gasteiger charge is 2.18. The normalized spacial score (nSPS) is 10.9. The molecule has 2 aromatic rings. The van der Waals surface area contributed by atoms with E-state index >= 15 is 0 Å². The average Bonchev–Trinajstić information content (AvgIpc) is 2.81. The highest BCUT2D eigenvalue weighted by Crippen LogP contribution is 2.28. The van der Waals surface area contributed by atoms with Crippen molar-refractivity contribution < 1.29 is 13.6 Å². The molecule has 20 heavy (non-hydrogen) atoms. The van der Waals surface area contributed by atoms with Crippen LogP contribution >= 0.6 is 11.8 Å². The molecular formula is C13H13F2N3OS. The zero-order valence-electron chi connectivity index (χ0n) is 10.6. The van der Waals surface area contributed by atoms with Crippen molar-refractivity contribution in [2.75, 3.05) is 12.3 Å². The van der Waals surface area contributed by atoms with Gasteiger partial charge in [0.25, 0.3) is 0 Å². The van der Waals surface area contributed by atoms with Gasteiger partial charge in [-0.2, -0.15) is 8.78 Å². The van der Waals surface area contributed by atoms with Crippen molar-refractivity contribution >= 4 is 28.7 Å². The Kier molecular flexibility index (Phi) is 4.73. The maximum atomic E-state index is 13.1. The van der Waals surface area contributed by atoms with E-state index in [4.69, 9.17) is 0 Å². The van der Waals surface area contributed by atoms with Crippen LogP contribution in [0, 0.1) is 0 Å². The summed E-state index contributed by atoms with van der Waals surface area (Å²) in [7, 11) is 0. The van der Waals surface area contributed by atoms with Gasteiger partial charge >= 0.3 is 6.55 Å². The Labute approximate surface area is 118 Å². The second kappa shape index (κ2) is 6.51. The van der Waals surface area contributed by atoms with Crippen LogP contribution in [0.4, 0.5) is 8.78 Å². The fourth-order valence-electron chi connectivity index (χ4n) is 1.68. The smallest absolute Gasteiger partial charge is 0.321 e. The molecule has 1 N–H and O–H groups in total. The lowest BCUT2D eigenvalue weighted by atomic mass is 10.3. The summed E-state index contributed by atoms with van der Waals surface area (Å²) in [6, 6.07) is 6.65. The molecule has 7 heteroatoms. The first-order valence-electron chi connectivity index (χ1n) is 5.89. The minimum Gasteiger partial charge on any atom is -0.352 e. The third kappa shape index (κ3) is 3.16. The number of fused-ring (bicyclic) bond motifs is 1. The molecule has 0 spiro atoms. The van der Waals surface area contributed by atoms with Crippen molar-refractivity contribution in [2.45, 2.75) is 11.7 Å². The van der Waals surface area contributed by atoms with Crippen molar-refractivity contribution in [3.8, 4) is 0 Å². The fourth-order valence-corrected chi connectivity index (χ4v) is 2.52. The van der Waals surface area contributed by atoms with Gasteiger partial charge in [-0.15, -0.1) is 6.58 Å². The van der Waals surface area contributed by atoms with E-state index in [1.807, 2.05) is 0 Å². The number of nitrogens with one attached hydrogen (secondary N) is 1. The summed E-state index contributed by atoms with van der Waals surface area (Å²) in [5.74, 6) is -0.216. The van der Waals surface area contributed by atoms with Crippen LogP contribution in [0.25, 0.3) is 11.0 Å². The number of hydrogen-bond donors (Lipinski definition) is 1. The van der Waals surface area contributed by atoms with E-state index in [2.05, 4.69) is 16.9 Å². The third-order valence-corrected chi connectivity index (χ3v) is 3.49. The number of imidazole rings is 1. The number of nitrogens with zero attached hydrogens (tertiary/aromatic N) is 2. The van der Waals surface area contributed by atoms with E-state index in [0.29, 0.717) is 17.6 Å². The van der Waals surface area contributed by atoms with Crippen LogP contribution < -0.4 is 5.32 Å². The van der Waals surface area contributed by atoms with E-state index in [9.17, 15) is 13.6 Å². The predicted molar refractivity (Wildman–Crippen MR) is 74.9 cm³/mol. The minimum atomic E-state index is -2.69. The first-order valence-corrected chi connectivity index (χ1v) is 6.87. The summed E-state index contributed by atoms with van der Waals surface area (Å²) in [6.07, 6.45) is 1.55. The van der Waals surface area contributed by atoms with Crippen LogP contribution in [-0.2, 0) is 4.79 Å². The molecule has 4 nitrogen and oxygen atoms in total. The average molecular weight is 297 g/mol. The molecule has 0 saturated carbocycles. The molecule has 0 saturated heterocycles. The van der Waals surface area contributed by atoms with Gasteiger partial charge in [-0.25, -0.2) is 4.98 Å². The Morgan fingerprint density at radius 2 is 2.25 bits per heavy atom. The monoisotopic (exact) mass is 297 g/mol. The summed E-state index contributed by atoms with van der Waals surface area (Å²) >= 11 is 0.985. The molecule has 0 unspecified atom stereocenters. The number of thioether (sulfide) groups is 1. The number of halogens is 2. The van der Waals surface area contributed by atoms with Gasteiger partial charge in [0.1, 0.15) is 0 Å². The summed E-state index contributed by atoms with van der Waals surface area (Å²) < 4.78 is 27.1. The lowest BCUT2D eigenvalue weighted by Crippen LogP contribution is -2.25. The molecule has 1 aromatic carbocycles. The van der Waals surface area contributed by atoms with Gasteiger partial charge in [0, 0.05) is 6.54 Å². The van der Waals surface area contributed by atoms with Crippen LogP contribution in [0.5, 0.6) is 0 Å². The maximum Gasteiger partial charge on any atom is 0.321 e. The highest BCUT2D eigenvalue weighted by molar-refractivity contribution is 7.99.